The number of nitrogens with two attached hydrogens (primary N) is 2. The fraction of sp³-hybridized carbons (Fsp3) is 0.182. The van der Waals surface area contributed by atoms with Gasteiger partial charge in [0.05, 0.1) is 17.8 Å². The summed E-state index contributed by atoms with van der Waals surface area (Å²) in [4.78, 5) is 20.4. The van der Waals surface area contributed by atoms with Crippen molar-refractivity contribution >= 4 is 22.6 Å². The van der Waals surface area contributed by atoms with Crippen LogP contribution >= 0.6 is 0 Å². The van der Waals surface area contributed by atoms with Crippen molar-refractivity contribution in [3.05, 3.63) is 66.1 Å². The van der Waals surface area contributed by atoms with Crippen LogP contribution in [0, 0.1) is 0 Å². The van der Waals surface area contributed by atoms with Crippen LogP contribution < -0.4 is 20.9 Å². The topological polar surface area (TPSA) is 151 Å². The van der Waals surface area contributed by atoms with Gasteiger partial charge < -0.3 is 26.0 Å². The molecule has 0 aliphatic carbocycles. The lowest BCUT2D eigenvalue weighted by molar-refractivity contribution is 0.100. The van der Waals surface area contributed by atoms with Gasteiger partial charge in [0, 0.05) is 29.4 Å². The maximum absolute atomic E-state index is 11.5. The Morgan fingerprint density at radius 1 is 1.22 bits per heavy atom. The molecule has 164 valence electrons. The SMILES string of the molecule is CC(Oc1cc2cc(C(N)=O)ccc2nc1N)c1nc(OCCO)ccc1-n1cccn1. The number of fused-ring (bicyclic) bond motifs is 1. The standard InChI is InChI=1S/C22H22N6O4/c1-13(20-17(28-8-2-7-25-28)5-6-19(27-20)31-10-9-29)32-18-12-15-11-14(22(24)30)3-4-16(15)26-21(18)23/h2-8,11-13,29H,9-10H2,1H3,(H2,23,26)(H2,24,30). The van der Waals surface area contributed by atoms with Crippen molar-refractivity contribution in [2.45, 2.75) is 13.0 Å². The van der Waals surface area contributed by atoms with E-state index in [1.807, 2.05) is 13.0 Å². The van der Waals surface area contributed by atoms with Crippen LogP contribution in [0.3, 0.4) is 0 Å². The molecule has 4 rings (SSSR count). The molecule has 0 saturated heterocycles. The molecule has 1 aromatic carbocycles. The number of aromatic nitrogens is 4. The first-order valence-electron chi connectivity index (χ1n) is 9.87. The molecule has 3 heterocycles. The first kappa shape index (κ1) is 21.1. The Hall–Kier alpha value is -4.18. The average Bonchev–Trinajstić information content (AvgIpc) is 3.32. The number of benzene rings is 1. The number of anilines is 1. The minimum Gasteiger partial charge on any atom is -0.480 e. The highest BCUT2D eigenvalue weighted by Crippen LogP contribution is 2.32. The number of primary amides is 1. The van der Waals surface area contributed by atoms with E-state index in [9.17, 15) is 4.79 Å². The van der Waals surface area contributed by atoms with Gasteiger partial charge in [0.1, 0.15) is 18.4 Å². The van der Waals surface area contributed by atoms with E-state index in [0.29, 0.717) is 39.5 Å². The molecule has 10 heteroatoms. The van der Waals surface area contributed by atoms with Gasteiger partial charge in [-0.05, 0) is 43.3 Å². The highest BCUT2D eigenvalue weighted by molar-refractivity contribution is 5.97. The molecule has 32 heavy (non-hydrogen) atoms. The van der Waals surface area contributed by atoms with E-state index >= 15 is 0 Å². The van der Waals surface area contributed by atoms with E-state index < -0.39 is 12.0 Å². The zero-order valence-electron chi connectivity index (χ0n) is 17.3. The first-order chi connectivity index (χ1) is 15.5. The zero-order valence-corrected chi connectivity index (χ0v) is 17.3. The van der Waals surface area contributed by atoms with Crippen LogP contribution in [0.15, 0.2) is 54.9 Å². The average molecular weight is 434 g/mol. The maximum atomic E-state index is 11.5. The third-order valence-electron chi connectivity index (χ3n) is 4.75. The lowest BCUT2D eigenvalue weighted by Crippen LogP contribution is -2.14. The molecule has 5 N–H and O–H groups in total. The van der Waals surface area contributed by atoms with Gasteiger partial charge in [-0.25, -0.2) is 14.6 Å². The Labute approximate surface area is 183 Å². The van der Waals surface area contributed by atoms with Gasteiger partial charge in [0.25, 0.3) is 0 Å². The van der Waals surface area contributed by atoms with Crippen LogP contribution in [0.25, 0.3) is 16.6 Å². The Bertz CT molecular complexity index is 1260. The van der Waals surface area contributed by atoms with E-state index in [1.54, 1.807) is 53.5 Å². The quantitative estimate of drug-likeness (QED) is 0.381. The fourth-order valence-electron chi connectivity index (χ4n) is 3.25. The predicted molar refractivity (Wildman–Crippen MR) is 118 cm³/mol. The van der Waals surface area contributed by atoms with Crippen molar-refractivity contribution in [2.24, 2.45) is 5.73 Å². The Morgan fingerprint density at radius 2 is 2.06 bits per heavy atom. The highest BCUT2D eigenvalue weighted by Gasteiger charge is 2.19. The number of rotatable bonds is 8. The second-order valence-corrected chi connectivity index (χ2v) is 6.98. The number of ether oxygens (including phenoxy) is 2. The normalized spacial score (nSPS) is 11.9. The van der Waals surface area contributed by atoms with Gasteiger partial charge in [0.2, 0.25) is 11.8 Å². The van der Waals surface area contributed by atoms with Gasteiger partial charge in [-0.15, -0.1) is 0 Å². The van der Waals surface area contributed by atoms with Crippen LogP contribution in [0.1, 0.15) is 29.1 Å². The van der Waals surface area contributed by atoms with Crippen molar-refractivity contribution in [3.8, 4) is 17.3 Å². The largest absolute Gasteiger partial charge is 0.480 e. The van der Waals surface area contributed by atoms with Crippen LogP contribution in [0.2, 0.25) is 0 Å². The molecule has 0 fully saturated rings. The van der Waals surface area contributed by atoms with Gasteiger partial charge in [0.15, 0.2) is 11.6 Å². The zero-order chi connectivity index (χ0) is 22.7. The molecular formula is C22H22N6O4. The summed E-state index contributed by atoms with van der Waals surface area (Å²) in [6, 6.07) is 11.9. The second-order valence-electron chi connectivity index (χ2n) is 6.98. The highest BCUT2D eigenvalue weighted by atomic mass is 16.5. The van der Waals surface area contributed by atoms with E-state index in [1.165, 1.54) is 0 Å². The number of nitrogens with zero attached hydrogens (tertiary/aromatic N) is 4. The number of aliphatic hydroxyl groups is 1. The van der Waals surface area contributed by atoms with E-state index in [0.717, 1.165) is 0 Å². The van der Waals surface area contributed by atoms with Crippen molar-refractivity contribution in [3.63, 3.8) is 0 Å². The number of amides is 1. The Morgan fingerprint density at radius 3 is 2.78 bits per heavy atom. The van der Waals surface area contributed by atoms with Crippen molar-refractivity contribution in [2.75, 3.05) is 18.9 Å². The third kappa shape index (κ3) is 4.30. The molecule has 0 radical (unpaired) electrons. The number of pyridine rings is 2. The van der Waals surface area contributed by atoms with Gasteiger partial charge in [-0.1, -0.05) is 0 Å². The number of aliphatic hydroxyl groups excluding tert-OH is 1. The summed E-state index contributed by atoms with van der Waals surface area (Å²) >= 11 is 0. The van der Waals surface area contributed by atoms with Crippen LogP contribution in [-0.4, -0.2) is 44.0 Å². The fourth-order valence-corrected chi connectivity index (χ4v) is 3.25. The molecule has 0 saturated carbocycles. The molecular weight excluding hydrogens is 412 g/mol. The Kier molecular flexibility index (Phi) is 5.86. The summed E-state index contributed by atoms with van der Waals surface area (Å²) in [5.74, 6) is 0.342. The first-order valence-corrected chi connectivity index (χ1v) is 9.87. The molecule has 1 unspecified atom stereocenters. The minimum absolute atomic E-state index is 0.118. The summed E-state index contributed by atoms with van der Waals surface area (Å²) < 4.78 is 13.2. The molecule has 1 amide bonds. The molecule has 0 bridgehead atoms. The van der Waals surface area contributed by atoms with Crippen LogP contribution in [0.5, 0.6) is 11.6 Å². The lowest BCUT2D eigenvalue weighted by atomic mass is 10.1. The summed E-state index contributed by atoms with van der Waals surface area (Å²) in [5.41, 5.74) is 13.7. The number of hydrogen-bond donors (Lipinski definition) is 3. The van der Waals surface area contributed by atoms with Gasteiger partial charge in [-0.2, -0.15) is 5.10 Å². The molecule has 0 aliphatic heterocycles. The molecule has 3 aromatic heterocycles. The smallest absolute Gasteiger partial charge is 0.248 e. The summed E-state index contributed by atoms with van der Waals surface area (Å²) in [6.07, 6.45) is 2.89. The number of carbonyl (C=O) groups is 1. The molecule has 4 aromatic rings. The van der Waals surface area contributed by atoms with Crippen LogP contribution in [-0.2, 0) is 0 Å². The molecule has 1 atom stereocenters. The summed E-state index contributed by atoms with van der Waals surface area (Å²) in [5, 5.41) is 14.0. The third-order valence-corrected chi connectivity index (χ3v) is 4.75. The van der Waals surface area contributed by atoms with E-state index in [2.05, 4.69) is 15.1 Å². The number of carbonyl (C=O) groups excluding carboxylic acids is 1. The Balaban J connectivity index is 1.71. The summed E-state index contributed by atoms with van der Waals surface area (Å²) in [7, 11) is 0. The summed E-state index contributed by atoms with van der Waals surface area (Å²) in [6.45, 7) is 1.80. The van der Waals surface area contributed by atoms with Gasteiger partial charge >= 0.3 is 0 Å². The molecule has 0 spiro atoms. The van der Waals surface area contributed by atoms with Crippen molar-refractivity contribution < 1.29 is 19.4 Å². The molecule has 10 nitrogen and oxygen atoms in total. The minimum atomic E-state index is -0.562. The second kappa shape index (κ2) is 8.90. The van der Waals surface area contributed by atoms with Crippen molar-refractivity contribution in [1.29, 1.82) is 0 Å². The van der Waals surface area contributed by atoms with E-state index in [4.69, 9.17) is 26.0 Å². The lowest BCUT2D eigenvalue weighted by Gasteiger charge is -2.19. The number of nitrogen functional groups attached to an aromatic ring is 1. The van der Waals surface area contributed by atoms with Crippen molar-refractivity contribution in [1.82, 2.24) is 19.7 Å². The maximum Gasteiger partial charge on any atom is 0.248 e. The predicted octanol–water partition coefficient (Wildman–Crippen LogP) is 2.01. The van der Waals surface area contributed by atoms with Gasteiger partial charge in [-0.3, -0.25) is 4.79 Å². The number of hydrogen-bond acceptors (Lipinski definition) is 8. The van der Waals surface area contributed by atoms with Crippen LogP contribution in [0.4, 0.5) is 5.82 Å². The monoisotopic (exact) mass is 434 g/mol. The van der Waals surface area contributed by atoms with E-state index in [-0.39, 0.29) is 19.0 Å². The molecule has 0 aliphatic rings.